The van der Waals surface area contributed by atoms with Gasteiger partial charge in [0, 0.05) is 48.5 Å². The van der Waals surface area contributed by atoms with Crippen molar-refractivity contribution in [2.75, 3.05) is 12.3 Å². The van der Waals surface area contributed by atoms with E-state index in [1.807, 2.05) is 17.7 Å². The van der Waals surface area contributed by atoms with Gasteiger partial charge in [-0.05, 0) is 49.9 Å². The number of aliphatic hydroxyl groups is 1. The predicted octanol–water partition coefficient (Wildman–Crippen LogP) is 3.20. The lowest BCUT2D eigenvalue weighted by Gasteiger charge is -2.22. The number of nitrogen functional groups attached to an aromatic ring is 1. The summed E-state index contributed by atoms with van der Waals surface area (Å²) in [6.07, 6.45) is 3.71. The summed E-state index contributed by atoms with van der Waals surface area (Å²) in [5.41, 5.74) is 12.3. The molecule has 0 saturated heterocycles. The molecule has 180 valence electrons. The summed E-state index contributed by atoms with van der Waals surface area (Å²) >= 11 is 0. The normalized spacial score (nSPS) is 17.0. The average Bonchev–Trinajstić information content (AvgIpc) is 3.49. The Bertz CT molecular complexity index is 1440. The number of fused-ring (bicyclic) bond motifs is 7. The van der Waals surface area contributed by atoms with Crippen LogP contribution in [-0.2, 0) is 20.0 Å². The number of pyridine rings is 1. The fraction of sp³-hybridized carbons (Fsp3) is 0.360. The zero-order valence-electron chi connectivity index (χ0n) is 19.6. The van der Waals surface area contributed by atoms with Crippen molar-refractivity contribution >= 4 is 5.82 Å². The number of nitrogens with two attached hydrogens (primary N) is 1. The standard InChI is InChI=1S/C25H26FN7O2/c1-13-18-9-20-23(31-32(2)30-20)17-6-5-16(26)8-19(17)22(12-34)35-21-7-15(10-28-25(21)27)24(18)33(29-13)11-14-3-4-14/h5-8,10,14,22,34H,3-4,9,11-12H2,1-2H3,(H2,27,28)/t22-/m1/s1. The van der Waals surface area contributed by atoms with Crippen LogP contribution in [0.3, 0.4) is 0 Å². The minimum absolute atomic E-state index is 0.189. The first-order valence-electron chi connectivity index (χ1n) is 11.7. The second kappa shape index (κ2) is 8.16. The van der Waals surface area contributed by atoms with E-state index in [0.29, 0.717) is 34.9 Å². The molecule has 0 unspecified atom stereocenters. The van der Waals surface area contributed by atoms with Gasteiger partial charge >= 0.3 is 0 Å². The number of rotatable bonds is 3. The monoisotopic (exact) mass is 475 g/mol. The van der Waals surface area contributed by atoms with Crippen LogP contribution in [0.1, 0.15) is 41.5 Å². The highest BCUT2D eigenvalue weighted by Gasteiger charge is 2.29. The molecule has 3 aromatic heterocycles. The number of halogens is 1. The van der Waals surface area contributed by atoms with Gasteiger partial charge in [-0.1, -0.05) is 0 Å². The third-order valence-corrected chi connectivity index (χ3v) is 6.71. The number of aromatic nitrogens is 6. The molecular formula is C25H26FN7O2. The molecule has 2 bridgehead atoms. The molecule has 9 nitrogen and oxygen atoms in total. The minimum atomic E-state index is -0.882. The Morgan fingerprint density at radius 3 is 2.80 bits per heavy atom. The summed E-state index contributed by atoms with van der Waals surface area (Å²) in [5.74, 6) is 0.681. The van der Waals surface area contributed by atoms with Crippen LogP contribution >= 0.6 is 0 Å². The number of aliphatic hydroxyl groups excluding tert-OH is 1. The first kappa shape index (κ1) is 21.7. The second-order valence-corrected chi connectivity index (χ2v) is 9.33. The molecule has 1 atom stereocenters. The Balaban J connectivity index is 1.63. The van der Waals surface area contributed by atoms with Crippen molar-refractivity contribution in [1.82, 2.24) is 29.8 Å². The maximum Gasteiger partial charge on any atom is 0.166 e. The summed E-state index contributed by atoms with van der Waals surface area (Å²) in [6, 6.07) is 6.21. The van der Waals surface area contributed by atoms with E-state index < -0.39 is 11.9 Å². The lowest BCUT2D eigenvalue weighted by Crippen LogP contribution is -2.16. The molecule has 1 aliphatic heterocycles. The van der Waals surface area contributed by atoms with Crippen molar-refractivity contribution < 1.29 is 14.2 Å². The molecule has 4 heterocycles. The zero-order valence-corrected chi connectivity index (χ0v) is 19.6. The van der Waals surface area contributed by atoms with Crippen molar-refractivity contribution in [3.05, 3.63) is 58.8 Å². The van der Waals surface area contributed by atoms with Crippen molar-refractivity contribution in [3.63, 3.8) is 0 Å². The van der Waals surface area contributed by atoms with Crippen LogP contribution in [0.15, 0.2) is 30.5 Å². The number of hydrogen-bond acceptors (Lipinski definition) is 7. The smallest absolute Gasteiger partial charge is 0.166 e. The van der Waals surface area contributed by atoms with E-state index in [4.69, 9.17) is 15.6 Å². The third kappa shape index (κ3) is 3.83. The van der Waals surface area contributed by atoms with Gasteiger partial charge in [0.1, 0.15) is 17.6 Å². The second-order valence-electron chi connectivity index (χ2n) is 9.33. The van der Waals surface area contributed by atoms with Gasteiger partial charge in [0.2, 0.25) is 0 Å². The Labute approximate surface area is 201 Å². The molecular weight excluding hydrogens is 449 g/mol. The largest absolute Gasteiger partial charge is 0.479 e. The van der Waals surface area contributed by atoms with Gasteiger partial charge < -0.3 is 15.6 Å². The van der Waals surface area contributed by atoms with Crippen LogP contribution in [0.4, 0.5) is 10.2 Å². The number of aryl methyl sites for hydroxylation is 2. The molecule has 10 heteroatoms. The lowest BCUT2D eigenvalue weighted by atomic mass is 9.95. The fourth-order valence-corrected chi connectivity index (χ4v) is 4.82. The molecule has 0 amide bonds. The van der Waals surface area contributed by atoms with E-state index in [-0.39, 0.29) is 12.4 Å². The van der Waals surface area contributed by atoms with E-state index in [2.05, 4.69) is 15.2 Å². The Morgan fingerprint density at radius 1 is 1.20 bits per heavy atom. The number of benzene rings is 1. The van der Waals surface area contributed by atoms with E-state index in [0.717, 1.165) is 34.8 Å². The van der Waals surface area contributed by atoms with E-state index in [9.17, 15) is 9.50 Å². The van der Waals surface area contributed by atoms with Crippen molar-refractivity contribution in [1.29, 1.82) is 0 Å². The highest BCUT2D eigenvalue weighted by Crippen LogP contribution is 2.40. The van der Waals surface area contributed by atoms with Crippen LogP contribution in [0.25, 0.3) is 22.5 Å². The van der Waals surface area contributed by atoms with Crippen molar-refractivity contribution in [3.8, 4) is 28.3 Å². The highest BCUT2D eigenvalue weighted by molar-refractivity contribution is 5.71. The molecule has 1 saturated carbocycles. The average molecular weight is 476 g/mol. The van der Waals surface area contributed by atoms with Crippen molar-refractivity contribution in [2.45, 2.75) is 38.8 Å². The third-order valence-electron chi connectivity index (χ3n) is 6.71. The van der Waals surface area contributed by atoms with Crippen LogP contribution in [0, 0.1) is 18.7 Å². The fourth-order valence-electron chi connectivity index (χ4n) is 4.82. The quantitative estimate of drug-likeness (QED) is 0.467. The predicted molar refractivity (Wildman–Crippen MR) is 127 cm³/mol. The summed E-state index contributed by atoms with van der Waals surface area (Å²) in [4.78, 5) is 5.90. The molecule has 0 radical (unpaired) electrons. The minimum Gasteiger partial charge on any atom is -0.479 e. The molecule has 4 aromatic rings. The SMILES string of the molecule is Cc1nn(CC2CC2)c2c1Cc1nn(C)nc1-c1ccc(F)cc1[C@@H](CO)Oc1cc-2cnc1N. The maximum absolute atomic E-state index is 14.4. The first-order chi connectivity index (χ1) is 16.9. The van der Waals surface area contributed by atoms with Gasteiger partial charge in [-0.15, -0.1) is 0 Å². The van der Waals surface area contributed by atoms with E-state index >= 15 is 0 Å². The molecule has 6 rings (SSSR count). The topological polar surface area (TPSA) is 117 Å². The molecule has 1 fully saturated rings. The maximum atomic E-state index is 14.4. The molecule has 3 N–H and O–H groups in total. The van der Waals surface area contributed by atoms with Crippen LogP contribution < -0.4 is 10.5 Å². The van der Waals surface area contributed by atoms with Crippen LogP contribution in [-0.4, -0.2) is 41.5 Å². The van der Waals surface area contributed by atoms with E-state index in [1.165, 1.54) is 29.8 Å². The Hall–Kier alpha value is -3.79. The summed E-state index contributed by atoms with van der Waals surface area (Å²) in [7, 11) is 1.76. The molecule has 1 aromatic carbocycles. The van der Waals surface area contributed by atoms with E-state index in [1.54, 1.807) is 19.3 Å². The zero-order chi connectivity index (χ0) is 24.3. The van der Waals surface area contributed by atoms with Gasteiger partial charge in [0.15, 0.2) is 11.6 Å². The van der Waals surface area contributed by atoms with Gasteiger partial charge in [0.05, 0.1) is 23.7 Å². The molecule has 1 aliphatic carbocycles. The van der Waals surface area contributed by atoms with Gasteiger partial charge in [-0.25, -0.2) is 9.37 Å². The van der Waals surface area contributed by atoms with Gasteiger partial charge in [0.25, 0.3) is 0 Å². The first-order valence-corrected chi connectivity index (χ1v) is 11.7. The highest BCUT2D eigenvalue weighted by atomic mass is 19.1. The molecule has 35 heavy (non-hydrogen) atoms. The lowest BCUT2D eigenvalue weighted by molar-refractivity contribution is 0.117. The molecule has 2 aliphatic rings. The summed E-state index contributed by atoms with van der Waals surface area (Å²) < 4.78 is 22.6. The number of hydrogen-bond donors (Lipinski definition) is 2. The van der Waals surface area contributed by atoms with Gasteiger partial charge in [-0.2, -0.15) is 20.1 Å². The van der Waals surface area contributed by atoms with Crippen LogP contribution in [0.2, 0.25) is 0 Å². The van der Waals surface area contributed by atoms with Crippen LogP contribution in [0.5, 0.6) is 5.75 Å². The number of ether oxygens (including phenoxy) is 1. The number of anilines is 1. The Morgan fingerprint density at radius 2 is 2.03 bits per heavy atom. The Kier molecular flexibility index (Phi) is 5.06. The van der Waals surface area contributed by atoms with Gasteiger partial charge in [-0.3, -0.25) is 4.68 Å². The summed E-state index contributed by atoms with van der Waals surface area (Å²) in [5, 5.41) is 24.4. The van der Waals surface area contributed by atoms with Crippen molar-refractivity contribution in [2.24, 2.45) is 13.0 Å². The summed E-state index contributed by atoms with van der Waals surface area (Å²) in [6.45, 7) is 2.43. The number of nitrogens with zero attached hydrogens (tertiary/aromatic N) is 6. The molecule has 0 spiro atoms.